The van der Waals surface area contributed by atoms with Gasteiger partial charge in [0.15, 0.2) is 5.13 Å². The number of para-hydroxylation sites is 1. The highest BCUT2D eigenvalue weighted by atomic mass is 32.2. The third-order valence-electron chi connectivity index (χ3n) is 5.79. The molecule has 3 aromatic rings. The topological polar surface area (TPSA) is 74.3 Å². The molecule has 1 aliphatic heterocycles. The zero-order valence-corrected chi connectivity index (χ0v) is 20.4. The van der Waals surface area contributed by atoms with E-state index in [1.54, 1.807) is 11.8 Å². The van der Waals surface area contributed by atoms with Crippen molar-refractivity contribution < 1.29 is 9.59 Å². The van der Waals surface area contributed by atoms with Crippen molar-refractivity contribution in [1.82, 2.24) is 9.88 Å². The highest BCUT2D eigenvalue weighted by Gasteiger charge is 2.30. The van der Waals surface area contributed by atoms with Crippen LogP contribution < -0.4 is 10.6 Å². The van der Waals surface area contributed by atoms with Gasteiger partial charge in [0.1, 0.15) is 0 Å². The Morgan fingerprint density at radius 1 is 1.06 bits per heavy atom. The minimum atomic E-state index is -0.273. The second-order valence-corrected chi connectivity index (χ2v) is 10.1. The van der Waals surface area contributed by atoms with Gasteiger partial charge in [-0.2, -0.15) is 0 Å². The number of aryl methyl sites for hydroxylation is 1. The Labute approximate surface area is 202 Å². The van der Waals surface area contributed by atoms with E-state index in [2.05, 4.69) is 32.7 Å². The summed E-state index contributed by atoms with van der Waals surface area (Å²) >= 11 is 3.08. The number of benzene rings is 2. The molecule has 2 aromatic carbocycles. The summed E-state index contributed by atoms with van der Waals surface area (Å²) in [5.41, 5.74) is 1.73. The first-order chi connectivity index (χ1) is 16.0. The normalized spacial score (nSPS) is 15.7. The first kappa shape index (κ1) is 23.5. The lowest BCUT2D eigenvalue weighted by Gasteiger charge is -2.34. The molecule has 6 nitrogen and oxygen atoms in total. The van der Waals surface area contributed by atoms with Crippen molar-refractivity contribution in [2.45, 2.75) is 42.5 Å². The van der Waals surface area contributed by atoms with Crippen molar-refractivity contribution in [2.24, 2.45) is 5.92 Å². The Morgan fingerprint density at radius 2 is 1.76 bits per heavy atom. The summed E-state index contributed by atoms with van der Waals surface area (Å²) in [5, 5.41) is 8.61. The van der Waals surface area contributed by atoms with Crippen LogP contribution in [0.3, 0.4) is 0 Å². The van der Waals surface area contributed by atoms with Crippen molar-refractivity contribution >= 4 is 45.7 Å². The number of anilines is 2. The molecule has 0 bridgehead atoms. The van der Waals surface area contributed by atoms with E-state index in [1.165, 1.54) is 11.3 Å². The maximum atomic E-state index is 13.0. The van der Waals surface area contributed by atoms with Gasteiger partial charge >= 0.3 is 0 Å². The molecule has 0 spiro atoms. The van der Waals surface area contributed by atoms with Gasteiger partial charge in [0.25, 0.3) is 0 Å². The Kier molecular flexibility index (Phi) is 7.80. The highest BCUT2D eigenvalue weighted by Crippen LogP contribution is 2.33. The summed E-state index contributed by atoms with van der Waals surface area (Å²) in [4.78, 5) is 34.2. The van der Waals surface area contributed by atoms with E-state index in [1.807, 2.05) is 61.7 Å². The van der Waals surface area contributed by atoms with Crippen LogP contribution in [0.2, 0.25) is 0 Å². The molecule has 1 unspecified atom stereocenters. The van der Waals surface area contributed by atoms with Crippen LogP contribution in [-0.4, -0.2) is 40.8 Å². The first-order valence-corrected chi connectivity index (χ1v) is 12.8. The van der Waals surface area contributed by atoms with Gasteiger partial charge in [-0.25, -0.2) is 4.98 Å². The number of thiazole rings is 1. The Bertz CT molecular complexity index is 1090. The van der Waals surface area contributed by atoms with E-state index in [4.69, 9.17) is 0 Å². The van der Waals surface area contributed by atoms with Gasteiger partial charge in [-0.05, 0) is 64.0 Å². The third-order valence-corrected chi connectivity index (χ3v) is 7.75. The lowest BCUT2D eigenvalue weighted by molar-refractivity contribution is -0.123. The number of rotatable bonds is 7. The predicted molar refractivity (Wildman–Crippen MR) is 135 cm³/mol. The fourth-order valence-corrected chi connectivity index (χ4v) is 5.46. The maximum absolute atomic E-state index is 13.0. The molecule has 0 radical (unpaired) electrons. The van der Waals surface area contributed by atoms with E-state index in [0.29, 0.717) is 18.2 Å². The molecule has 172 valence electrons. The number of piperidine rings is 1. The fourth-order valence-electron chi connectivity index (χ4n) is 3.85. The molecule has 0 aliphatic carbocycles. The minimum absolute atomic E-state index is 0.0213. The molecule has 8 heteroatoms. The van der Waals surface area contributed by atoms with Crippen LogP contribution in [0.15, 0.2) is 69.8 Å². The summed E-state index contributed by atoms with van der Waals surface area (Å²) in [5.74, 6) is -0.0611. The average Bonchev–Trinajstić information content (AvgIpc) is 3.25. The van der Waals surface area contributed by atoms with E-state index < -0.39 is 0 Å². The first-order valence-electron chi connectivity index (χ1n) is 11.1. The molecule has 1 saturated heterocycles. The van der Waals surface area contributed by atoms with Crippen LogP contribution in [0.1, 0.15) is 25.5 Å². The van der Waals surface area contributed by atoms with Crippen LogP contribution in [0.5, 0.6) is 0 Å². The van der Waals surface area contributed by atoms with Gasteiger partial charge in [-0.15, -0.1) is 11.3 Å². The summed E-state index contributed by atoms with van der Waals surface area (Å²) in [6, 6.07) is 17.7. The van der Waals surface area contributed by atoms with Crippen LogP contribution >= 0.6 is 23.1 Å². The van der Waals surface area contributed by atoms with Gasteiger partial charge < -0.3 is 10.6 Å². The predicted octanol–water partition coefficient (Wildman–Crippen LogP) is 5.28. The lowest BCUT2D eigenvalue weighted by Crippen LogP contribution is -2.47. The zero-order valence-electron chi connectivity index (χ0n) is 18.8. The molecule has 2 amide bonds. The van der Waals surface area contributed by atoms with Crippen molar-refractivity contribution in [3.05, 3.63) is 65.7 Å². The minimum Gasteiger partial charge on any atom is -0.324 e. The van der Waals surface area contributed by atoms with Crippen molar-refractivity contribution in [2.75, 3.05) is 23.7 Å². The van der Waals surface area contributed by atoms with Gasteiger partial charge in [0, 0.05) is 21.1 Å². The number of nitrogens with zero attached hydrogens (tertiary/aromatic N) is 2. The molecule has 1 aromatic heterocycles. The Hall–Kier alpha value is -2.68. The quantitative estimate of drug-likeness (QED) is 0.481. The summed E-state index contributed by atoms with van der Waals surface area (Å²) in [7, 11) is 0. The third kappa shape index (κ3) is 6.22. The number of likely N-dealkylation sites (tertiary alicyclic amines) is 1. The van der Waals surface area contributed by atoms with Gasteiger partial charge in [-0.1, -0.05) is 42.1 Å². The van der Waals surface area contributed by atoms with Crippen LogP contribution in [0, 0.1) is 12.8 Å². The van der Waals surface area contributed by atoms with Gasteiger partial charge in [-0.3, -0.25) is 14.5 Å². The van der Waals surface area contributed by atoms with Crippen molar-refractivity contribution in [1.29, 1.82) is 0 Å². The van der Waals surface area contributed by atoms with Gasteiger partial charge in [0.2, 0.25) is 11.8 Å². The SMILES string of the molecule is Cc1csc(NC(=O)C2CCN(C(C)C(=O)Nc3ccccc3Sc3ccccc3)CC2)n1. The molecule has 4 rings (SSSR count). The molecule has 33 heavy (non-hydrogen) atoms. The van der Waals surface area contributed by atoms with Crippen LogP contribution in [0.4, 0.5) is 10.8 Å². The second kappa shape index (κ2) is 11.0. The standard InChI is InChI=1S/C25H28N4O2S2/c1-17-16-32-25(26-17)28-24(31)19-12-14-29(15-13-19)18(2)23(30)27-21-10-6-7-11-22(21)33-20-8-4-3-5-9-20/h3-11,16,18-19H,12-15H2,1-2H3,(H,27,30)(H,26,28,31). The van der Waals surface area contributed by atoms with Crippen LogP contribution in [0.25, 0.3) is 0 Å². The summed E-state index contributed by atoms with van der Waals surface area (Å²) in [6.45, 7) is 5.27. The van der Waals surface area contributed by atoms with Crippen molar-refractivity contribution in [3.8, 4) is 0 Å². The Balaban J connectivity index is 1.31. The number of amides is 2. The number of carbonyl (C=O) groups is 2. The number of carbonyl (C=O) groups excluding carboxylic acids is 2. The molecule has 1 atom stereocenters. The van der Waals surface area contributed by atoms with E-state index in [0.717, 1.165) is 34.0 Å². The van der Waals surface area contributed by atoms with E-state index in [-0.39, 0.29) is 23.8 Å². The van der Waals surface area contributed by atoms with E-state index >= 15 is 0 Å². The van der Waals surface area contributed by atoms with Gasteiger partial charge in [0.05, 0.1) is 17.4 Å². The largest absolute Gasteiger partial charge is 0.324 e. The smallest absolute Gasteiger partial charge is 0.241 e. The van der Waals surface area contributed by atoms with E-state index in [9.17, 15) is 9.59 Å². The Morgan fingerprint density at radius 3 is 2.45 bits per heavy atom. The maximum Gasteiger partial charge on any atom is 0.241 e. The molecular weight excluding hydrogens is 452 g/mol. The lowest BCUT2D eigenvalue weighted by atomic mass is 9.95. The second-order valence-electron chi connectivity index (χ2n) is 8.17. The number of hydrogen-bond acceptors (Lipinski definition) is 6. The van der Waals surface area contributed by atoms with Crippen LogP contribution in [-0.2, 0) is 9.59 Å². The molecule has 1 aliphatic rings. The number of hydrogen-bond donors (Lipinski definition) is 2. The molecule has 2 N–H and O–H groups in total. The molecule has 1 fully saturated rings. The zero-order chi connectivity index (χ0) is 23.2. The number of aromatic nitrogens is 1. The number of nitrogens with one attached hydrogen (secondary N) is 2. The molecule has 0 saturated carbocycles. The monoisotopic (exact) mass is 480 g/mol. The highest BCUT2D eigenvalue weighted by molar-refractivity contribution is 7.99. The summed E-state index contributed by atoms with van der Waals surface area (Å²) in [6.07, 6.45) is 1.46. The molecule has 2 heterocycles. The summed E-state index contributed by atoms with van der Waals surface area (Å²) < 4.78 is 0. The van der Waals surface area contributed by atoms with Crippen molar-refractivity contribution in [3.63, 3.8) is 0 Å². The fraction of sp³-hybridized carbons (Fsp3) is 0.320. The average molecular weight is 481 g/mol. The molecular formula is C25H28N4O2S2.